The smallest absolute Gasteiger partial charge is 0.152 e. The normalized spacial score (nSPS) is 11.4. The summed E-state index contributed by atoms with van der Waals surface area (Å²) in [6, 6.07) is 6.18. The molecule has 4 heteroatoms. The summed E-state index contributed by atoms with van der Waals surface area (Å²) in [7, 11) is 0. The van der Waals surface area contributed by atoms with Gasteiger partial charge in [0.1, 0.15) is 5.65 Å². The lowest BCUT2D eigenvalue weighted by Crippen LogP contribution is -2.29. The van der Waals surface area contributed by atoms with E-state index in [1.54, 1.807) is 0 Å². The maximum absolute atomic E-state index is 4.84. The lowest BCUT2D eigenvalue weighted by atomic mass is 10.2. The second kappa shape index (κ2) is 6.75. The standard InChI is InChI=1S/C16H26N4/c1-5-17-11-14-16(19(6-2)12-13(3)4)18-15-9-7-8-10-20(14)15/h7-10,13,17H,5-6,11-12H2,1-4H3. The SMILES string of the molecule is CCNCc1c(N(CC)CC(C)C)nc2ccccn12. The van der Waals surface area contributed by atoms with Gasteiger partial charge in [-0.3, -0.25) is 0 Å². The molecule has 0 bridgehead atoms. The number of pyridine rings is 1. The molecule has 0 saturated heterocycles. The third kappa shape index (κ3) is 3.12. The molecule has 0 atom stereocenters. The summed E-state index contributed by atoms with van der Waals surface area (Å²) >= 11 is 0. The first-order valence-electron chi connectivity index (χ1n) is 7.59. The van der Waals surface area contributed by atoms with Gasteiger partial charge in [0.15, 0.2) is 5.82 Å². The van der Waals surface area contributed by atoms with Crippen LogP contribution in [-0.4, -0.2) is 29.0 Å². The molecule has 0 aromatic carbocycles. The highest BCUT2D eigenvalue weighted by atomic mass is 15.2. The van der Waals surface area contributed by atoms with Crippen LogP contribution in [0.1, 0.15) is 33.4 Å². The number of nitrogens with one attached hydrogen (secondary N) is 1. The maximum Gasteiger partial charge on any atom is 0.152 e. The zero-order valence-electron chi connectivity index (χ0n) is 13.1. The lowest BCUT2D eigenvalue weighted by Gasteiger charge is -2.24. The Morgan fingerprint density at radius 1 is 1.30 bits per heavy atom. The van der Waals surface area contributed by atoms with Gasteiger partial charge in [-0.05, 0) is 31.5 Å². The van der Waals surface area contributed by atoms with E-state index in [0.717, 1.165) is 37.6 Å². The topological polar surface area (TPSA) is 32.6 Å². The number of hydrogen-bond acceptors (Lipinski definition) is 3. The molecule has 0 unspecified atom stereocenters. The molecule has 0 aliphatic carbocycles. The van der Waals surface area contributed by atoms with Crippen molar-refractivity contribution in [2.24, 2.45) is 5.92 Å². The molecule has 2 heterocycles. The van der Waals surface area contributed by atoms with Crippen molar-refractivity contribution < 1.29 is 0 Å². The van der Waals surface area contributed by atoms with Gasteiger partial charge in [-0.2, -0.15) is 0 Å². The van der Waals surface area contributed by atoms with Gasteiger partial charge in [-0.15, -0.1) is 0 Å². The van der Waals surface area contributed by atoms with Crippen molar-refractivity contribution in [3.8, 4) is 0 Å². The van der Waals surface area contributed by atoms with E-state index < -0.39 is 0 Å². The van der Waals surface area contributed by atoms with Crippen LogP contribution in [0.25, 0.3) is 5.65 Å². The average molecular weight is 274 g/mol. The summed E-state index contributed by atoms with van der Waals surface area (Å²) in [5.41, 5.74) is 2.28. The van der Waals surface area contributed by atoms with Crippen LogP contribution in [0.4, 0.5) is 5.82 Å². The molecule has 110 valence electrons. The van der Waals surface area contributed by atoms with Gasteiger partial charge in [0, 0.05) is 25.8 Å². The van der Waals surface area contributed by atoms with E-state index in [2.05, 4.69) is 60.6 Å². The summed E-state index contributed by atoms with van der Waals surface area (Å²) in [4.78, 5) is 7.22. The summed E-state index contributed by atoms with van der Waals surface area (Å²) in [5, 5.41) is 3.43. The summed E-state index contributed by atoms with van der Waals surface area (Å²) in [5.74, 6) is 1.75. The molecule has 2 aromatic rings. The Hall–Kier alpha value is -1.55. The van der Waals surface area contributed by atoms with Gasteiger partial charge >= 0.3 is 0 Å². The molecule has 1 N–H and O–H groups in total. The Morgan fingerprint density at radius 3 is 2.75 bits per heavy atom. The van der Waals surface area contributed by atoms with Gasteiger partial charge in [0.05, 0.1) is 5.69 Å². The van der Waals surface area contributed by atoms with Crippen LogP contribution < -0.4 is 10.2 Å². The van der Waals surface area contributed by atoms with Crippen LogP contribution in [0, 0.1) is 5.92 Å². The van der Waals surface area contributed by atoms with Crippen molar-refractivity contribution in [2.75, 3.05) is 24.5 Å². The molecule has 20 heavy (non-hydrogen) atoms. The molecule has 2 rings (SSSR count). The number of aromatic nitrogens is 2. The zero-order valence-corrected chi connectivity index (χ0v) is 13.1. The highest BCUT2D eigenvalue weighted by molar-refractivity contribution is 5.56. The van der Waals surface area contributed by atoms with Crippen LogP contribution >= 0.6 is 0 Å². The largest absolute Gasteiger partial charge is 0.355 e. The number of imidazole rings is 1. The van der Waals surface area contributed by atoms with Gasteiger partial charge in [0.2, 0.25) is 0 Å². The Balaban J connectivity index is 2.43. The van der Waals surface area contributed by atoms with E-state index >= 15 is 0 Å². The molecule has 0 saturated carbocycles. The van der Waals surface area contributed by atoms with Crippen LogP contribution in [0.3, 0.4) is 0 Å². The quantitative estimate of drug-likeness (QED) is 0.842. The fourth-order valence-corrected chi connectivity index (χ4v) is 2.50. The highest BCUT2D eigenvalue weighted by Gasteiger charge is 2.17. The first-order chi connectivity index (χ1) is 9.67. The second-order valence-electron chi connectivity index (χ2n) is 5.52. The molecule has 0 amide bonds. The van der Waals surface area contributed by atoms with Crippen LogP contribution in [0.2, 0.25) is 0 Å². The van der Waals surface area contributed by atoms with Gasteiger partial charge in [-0.1, -0.05) is 26.8 Å². The molecular weight excluding hydrogens is 248 g/mol. The van der Waals surface area contributed by atoms with Crippen molar-refractivity contribution in [1.82, 2.24) is 14.7 Å². The molecule has 4 nitrogen and oxygen atoms in total. The Morgan fingerprint density at radius 2 is 2.10 bits per heavy atom. The third-order valence-corrected chi connectivity index (χ3v) is 3.42. The van der Waals surface area contributed by atoms with Crippen molar-refractivity contribution in [3.05, 3.63) is 30.1 Å². The monoisotopic (exact) mass is 274 g/mol. The Labute approximate surface area is 121 Å². The predicted octanol–water partition coefficient (Wildman–Crippen LogP) is 2.93. The fraction of sp³-hybridized carbons (Fsp3) is 0.562. The van der Waals surface area contributed by atoms with Crippen molar-refractivity contribution in [3.63, 3.8) is 0 Å². The average Bonchev–Trinajstić information content (AvgIpc) is 2.80. The Kier molecular flexibility index (Phi) is 5.01. The van der Waals surface area contributed by atoms with Gasteiger partial charge < -0.3 is 14.6 Å². The molecule has 0 fully saturated rings. The van der Waals surface area contributed by atoms with Crippen molar-refractivity contribution in [2.45, 2.75) is 34.2 Å². The van der Waals surface area contributed by atoms with Crippen LogP contribution in [0.15, 0.2) is 24.4 Å². The summed E-state index contributed by atoms with van der Waals surface area (Å²) < 4.78 is 2.20. The molecular formula is C16H26N4. The van der Waals surface area contributed by atoms with Crippen LogP contribution in [0.5, 0.6) is 0 Å². The zero-order chi connectivity index (χ0) is 14.5. The molecule has 0 aliphatic rings. The first kappa shape index (κ1) is 14.9. The lowest BCUT2D eigenvalue weighted by molar-refractivity contribution is 0.610. The van der Waals surface area contributed by atoms with E-state index in [-0.39, 0.29) is 0 Å². The maximum atomic E-state index is 4.84. The van der Waals surface area contributed by atoms with Gasteiger partial charge in [-0.25, -0.2) is 4.98 Å². The third-order valence-electron chi connectivity index (χ3n) is 3.42. The second-order valence-corrected chi connectivity index (χ2v) is 5.52. The highest BCUT2D eigenvalue weighted by Crippen LogP contribution is 2.22. The fourth-order valence-electron chi connectivity index (χ4n) is 2.50. The number of hydrogen-bond donors (Lipinski definition) is 1. The first-order valence-corrected chi connectivity index (χ1v) is 7.59. The molecule has 0 spiro atoms. The van der Waals surface area contributed by atoms with E-state index in [9.17, 15) is 0 Å². The Bertz CT molecular complexity index is 544. The van der Waals surface area contributed by atoms with E-state index in [1.165, 1.54) is 5.69 Å². The van der Waals surface area contributed by atoms with Crippen LogP contribution in [-0.2, 0) is 6.54 Å². The van der Waals surface area contributed by atoms with E-state index in [4.69, 9.17) is 4.98 Å². The molecule has 2 aromatic heterocycles. The minimum Gasteiger partial charge on any atom is -0.355 e. The predicted molar refractivity (Wildman–Crippen MR) is 85.3 cm³/mol. The molecule has 0 radical (unpaired) electrons. The summed E-state index contributed by atoms with van der Waals surface area (Å²) in [6.45, 7) is 12.7. The van der Waals surface area contributed by atoms with Crippen molar-refractivity contribution >= 4 is 11.5 Å². The minimum atomic E-state index is 0.631. The molecule has 0 aliphatic heterocycles. The van der Waals surface area contributed by atoms with E-state index in [1.807, 2.05) is 6.07 Å². The van der Waals surface area contributed by atoms with E-state index in [0.29, 0.717) is 5.92 Å². The number of nitrogens with zero attached hydrogens (tertiary/aromatic N) is 3. The minimum absolute atomic E-state index is 0.631. The number of anilines is 1. The number of rotatable bonds is 7. The summed E-state index contributed by atoms with van der Waals surface area (Å²) in [6.07, 6.45) is 2.10. The van der Waals surface area contributed by atoms with Gasteiger partial charge in [0.25, 0.3) is 0 Å². The van der Waals surface area contributed by atoms with Crippen molar-refractivity contribution in [1.29, 1.82) is 0 Å². The number of fused-ring (bicyclic) bond motifs is 1.